The summed E-state index contributed by atoms with van der Waals surface area (Å²) in [5, 5.41) is 9.63. The molecule has 2 amide bonds. The molecule has 3 aliphatic heterocycles. The second-order valence-corrected chi connectivity index (χ2v) is 6.79. The molecular weight excluding hydrogens is 385 g/mol. The van der Waals surface area contributed by atoms with E-state index in [1.54, 1.807) is 24.3 Å². The Morgan fingerprint density at radius 1 is 1.24 bits per heavy atom. The lowest BCUT2D eigenvalue weighted by Gasteiger charge is -2.26. The molecule has 2 bridgehead atoms. The Morgan fingerprint density at radius 2 is 1.95 bits per heavy atom. The molecule has 0 aromatic heterocycles. The van der Waals surface area contributed by atoms with Crippen LogP contribution in [0.15, 0.2) is 36.4 Å². The fraction of sp³-hybridized carbons (Fsp3) is 0.333. The number of nitrogens with zero attached hydrogens (tertiary/aromatic N) is 1. The molecule has 21 heavy (non-hydrogen) atoms. The van der Waals surface area contributed by atoms with Gasteiger partial charge in [0, 0.05) is 3.57 Å². The van der Waals surface area contributed by atoms with Gasteiger partial charge in [0.05, 0.1) is 30.2 Å². The minimum Gasteiger partial charge on any atom is -0.393 e. The van der Waals surface area contributed by atoms with Gasteiger partial charge in [-0.3, -0.25) is 9.59 Å². The van der Waals surface area contributed by atoms with Gasteiger partial charge in [-0.05, 0) is 46.9 Å². The smallest absolute Gasteiger partial charge is 0.241 e. The van der Waals surface area contributed by atoms with Gasteiger partial charge in [0.1, 0.15) is 5.60 Å². The van der Waals surface area contributed by atoms with Gasteiger partial charge in [0.2, 0.25) is 11.8 Å². The summed E-state index contributed by atoms with van der Waals surface area (Å²) >= 11 is 2.17. The Morgan fingerprint density at radius 3 is 2.62 bits per heavy atom. The fourth-order valence-electron chi connectivity index (χ4n) is 3.53. The van der Waals surface area contributed by atoms with E-state index >= 15 is 0 Å². The topological polar surface area (TPSA) is 66.8 Å². The summed E-state index contributed by atoms with van der Waals surface area (Å²) in [4.78, 5) is 26.6. The van der Waals surface area contributed by atoms with Crippen LogP contribution in [0.1, 0.15) is 0 Å². The molecule has 0 unspecified atom stereocenters. The number of rotatable bonds is 2. The van der Waals surface area contributed by atoms with E-state index in [2.05, 4.69) is 22.6 Å². The third kappa shape index (κ3) is 1.63. The van der Waals surface area contributed by atoms with Crippen LogP contribution in [-0.2, 0) is 14.3 Å². The van der Waals surface area contributed by atoms with E-state index < -0.39 is 23.5 Å². The summed E-state index contributed by atoms with van der Waals surface area (Å²) in [5.74, 6) is -1.67. The van der Waals surface area contributed by atoms with E-state index in [1.165, 1.54) is 4.90 Å². The number of hydrogen-bond acceptors (Lipinski definition) is 4. The monoisotopic (exact) mass is 397 g/mol. The summed E-state index contributed by atoms with van der Waals surface area (Å²) in [5.41, 5.74) is -0.452. The Kier molecular flexibility index (Phi) is 2.79. The van der Waals surface area contributed by atoms with Crippen LogP contribution in [0.5, 0.6) is 0 Å². The second kappa shape index (κ2) is 4.37. The highest BCUT2D eigenvalue weighted by molar-refractivity contribution is 14.1. The average Bonchev–Trinajstić information content (AvgIpc) is 3.12. The summed E-state index contributed by atoms with van der Waals surface area (Å²) in [6.07, 6.45) is 3.09. The first kappa shape index (κ1) is 13.4. The molecule has 4 atom stereocenters. The SMILES string of the molecule is O=C1[C@@H]2[C@H]3C=C[C@@](CO)(O3)[C@H]2C(=O)N1c1ccc(I)cc1. The van der Waals surface area contributed by atoms with Gasteiger partial charge in [-0.15, -0.1) is 0 Å². The van der Waals surface area contributed by atoms with Crippen molar-refractivity contribution in [1.29, 1.82) is 0 Å². The number of imide groups is 1. The third-order valence-electron chi connectivity index (χ3n) is 4.49. The van der Waals surface area contributed by atoms with E-state index in [-0.39, 0.29) is 18.4 Å². The molecule has 0 radical (unpaired) electrons. The highest BCUT2D eigenvalue weighted by Crippen LogP contribution is 2.52. The van der Waals surface area contributed by atoms with Crippen molar-refractivity contribution in [2.75, 3.05) is 11.5 Å². The van der Waals surface area contributed by atoms with Crippen molar-refractivity contribution in [1.82, 2.24) is 0 Å². The number of aliphatic hydroxyl groups excluding tert-OH is 1. The summed E-state index contributed by atoms with van der Waals surface area (Å²) in [7, 11) is 0. The van der Waals surface area contributed by atoms with E-state index in [0.29, 0.717) is 5.69 Å². The number of hydrogen-bond donors (Lipinski definition) is 1. The normalized spacial score (nSPS) is 36.7. The number of benzene rings is 1. The summed E-state index contributed by atoms with van der Waals surface area (Å²) < 4.78 is 6.72. The van der Waals surface area contributed by atoms with Crippen LogP contribution in [-0.4, -0.2) is 35.2 Å². The number of anilines is 1. The van der Waals surface area contributed by atoms with Crippen molar-refractivity contribution < 1.29 is 19.4 Å². The Bertz CT molecular complexity index is 671. The number of carbonyl (C=O) groups is 2. The average molecular weight is 397 g/mol. The quantitative estimate of drug-likeness (QED) is 0.461. The number of aliphatic hydroxyl groups is 1. The zero-order chi connectivity index (χ0) is 14.8. The largest absolute Gasteiger partial charge is 0.393 e. The molecule has 6 heteroatoms. The minimum absolute atomic E-state index is 0.240. The number of halogens is 1. The third-order valence-corrected chi connectivity index (χ3v) is 5.21. The Balaban J connectivity index is 1.77. The molecule has 3 heterocycles. The predicted molar refractivity (Wildman–Crippen MR) is 82.5 cm³/mol. The molecule has 1 N–H and O–H groups in total. The van der Waals surface area contributed by atoms with E-state index in [0.717, 1.165) is 3.57 Å². The first-order valence-electron chi connectivity index (χ1n) is 6.69. The summed E-state index contributed by atoms with van der Waals surface area (Å²) in [6, 6.07) is 7.24. The van der Waals surface area contributed by atoms with Gasteiger partial charge >= 0.3 is 0 Å². The van der Waals surface area contributed by atoms with Crippen LogP contribution in [0.4, 0.5) is 5.69 Å². The molecule has 1 aromatic carbocycles. The Hall–Kier alpha value is -1.25. The zero-order valence-electron chi connectivity index (χ0n) is 10.9. The van der Waals surface area contributed by atoms with Crippen LogP contribution in [0.3, 0.4) is 0 Å². The van der Waals surface area contributed by atoms with E-state index in [9.17, 15) is 14.7 Å². The van der Waals surface area contributed by atoms with Gasteiger partial charge in [-0.25, -0.2) is 4.90 Å². The van der Waals surface area contributed by atoms with Crippen LogP contribution >= 0.6 is 22.6 Å². The molecule has 2 fully saturated rings. The van der Waals surface area contributed by atoms with Crippen LogP contribution in [0, 0.1) is 15.4 Å². The second-order valence-electron chi connectivity index (χ2n) is 5.55. The molecule has 108 valence electrons. The lowest BCUT2D eigenvalue weighted by molar-refractivity contribution is -0.128. The first-order chi connectivity index (χ1) is 10.1. The van der Waals surface area contributed by atoms with Gasteiger partial charge < -0.3 is 9.84 Å². The number of amides is 2. The molecule has 1 aromatic rings. The maximum Gasteiger partial charge on any atom is 0.241 e. The molecule has 4 rings (SSSR count). The number of carbonyl (C=O) groups excluding carboxylic acids is 2. The molecule has 2 saturated heterocycles. The van der Waals surface area contributed by atoms with E-state index in [1.807, 2.05) is 12.1 Å². The minimum atomic E-state index is -1.03. The molecule has 5 nitrogen and oxygen atoms in total. The van der Waals surface area contributed by atoms with Gasteiger partial charge in [-0.2, -0.15) is 0 Å². The van der Waals surface area contributed by atoms with Gasteiger partial charge in [-0.1, -0.05) is 12.2 Å². The molecular formula is C15H12INO4. The van der Waals surface area contributed by atoms with Crippen molar-refractivity contribution in [3.63, 3.8) is 0 Å². The first-order valence-corrected chi connectivity index (χ1v) is 7.77. The number of fused-ring (bicyclic) bond motifs is 5. The van der Waals surface area contributed by atoms with Crippen LogP contribution < -0.4 is 4.90 Å². The molecule has 0 aliphatic carbocycles. The van der Waals surface area contributed by atoms with Gasteiger partial charge in [0.15, 0.2) is 0 Å². The molecule has 0 spiro atoms. The van der Waals surface area contributed by atoms with Crippen molar-refractivity contribution in [3.05, 3.63) is 40.0 Å². The summed E-state index contributed by atoms with van der Waals surface area (Å²) in [6.45, 7) is -0.291. The van der Waals surface area contributed by atoms with Crippen LogP contribution in [0.25, 0.3) is 0 Å². The van der Waals surface area contributed by atoms with Gasteiger partial charge in [0.25, 0.3) is 0 Å². The lowest BCUT2D eigenvalue weighted by atomic mass is 9.77. The zero-order valence-corrected chi connectivity index (χ0v) is 13.1. The van der Waals surface area contributed by atoms with Crippen LogP contribution in [0.2, 0.25) is 0 Å². The maximum absolute atomic E-state index is 12.7. The molecule has 0 saturated carbocycles. The Labute approximate surface area is 134 Å². The van der Waals surface area contributed by atoms with E-state index in [4.69, 9.17) is 4.74 Å². The van der Waals surface area contributed by atoms with Crippen molar-refractivity contribution in [3.8, 4) is 0 Å². The highest BCUT2D eigenvalue weighted by atomic mass is 127. The standard InChI is InChI=1S/C15H12INO4/c16-8-1-3-9(4-2-8)17-13(19)11-10-5-6-15(7-18,21-10)12(11)14(17)20/h1-6,10-12,18H,7H2/t10-,11-,12-,15+/m1/s1. The lowest BCUT2D eigenvalue weighted by Crippen LogP contribution is -2.43. The molecule has 3 aliphatic rings. The maximum atomic E-state index is 12.7. The van der Waals surface area contributed by atoms with Crippen molar-refractivity contribution >= 4 is 40.1 Å². The predicted octanol–water partition coefficient (Wildman–Crippen LogP) is 1.10. The number of ether oxygens (including phenoxy) is 1. The van der Waals surface area contributed by atoms with Crippen molar-refractivity contribution in [2.45, 2.75) is 11.7 Å². The fourth-order valence-corrected chi connectivity index (χ4v) is 3.89. The highest BCUT2D eigenvalue weighted by Gasteiger charge is 2.67. The van der Waals surface area contributed by atoms with Crippen molar-refractivity contribution in [2.24, 2.45) is 11.8 Å².